The third-order valence-corrected chi connectivity index (χ3v) is 3.06. The summed E-state index contributed by atoms with van der Waals surface area (Å²) in [7, 11) is 0. The first-order chi connectivity index (χ1) is 7.99. The molecule has 2 rings (SSSR count). The first-order valence-corrected chi connectivity index (χ1v) is 5.83. The molecule has 6 heteroatoms. The lowest BCUT2D eigenvalue weighted by Crippen LogP contribution is -2.34. The SMILES string of the molecule is CCc1n[nH]c2c1CN(CC(F)(F)F)CCC2. The van der Waals surface area contributed by atoms with Gasteiger partial charge >= 0.3 is 6.18 Å². The lowest BCUT2D eigenvalue weighted by molar-refractivity contribution is -0.147. The largest absolute Gasteiger partial charge is 0.401 e. The highest BCUT2D eigenvalue weighted by atomic mass is 19.4. The van der Waals surface area contributed by atoms with E-state index in [0.717, 1.165) is 36.2 Å². The van der Waals surface area contributed by atoms with E-state index in [1.807, 2.05) is 6.92 Å². The van der Waals surface area contributed by atoms with Crippen LogP contribution in [0.15, 0.2) is 0 Å². The Balaban J connectivity index is 2.15. The molecule has 0 unspecified atom stereocenters. The molecule has 0 fully saturated rings. The topological polar surface area (TPSA) is 31.9 Å². The maximum Gasteiger partial charge on any atom is 0.401 e. The van der Waals surface area contributed by atoms with Gasteiger partial charge in [-0.2, -0.15) is 18.3 Å². The smallest absolute Gasteiger partial charge is 0.291 e. The Hall–Kier alpha value is -1.04. The van der Waals surface area contributed by atoms with Gasteiger partial charge in [0, 0.05) is 17.8 Å². The van der Waals surface area contributed by atoms with Gasteiger partial charge in [0.2, 0.25) is 0 Å². The van der Waals surface area contributed by atoms with Crippen LogP contribution < -0.4 is 0 Å². The average Bonchev–Trinajstić information content (AvgIpc) is 2.48. The van der Waals surface area contributed by atoms with E-state index >= 15 is 0 Å². The van der Waals surface area contributed by atoms with Crippen molar-refractivity contribution in [1.82, 2.24) is 15.1 Å². The van der Waals surface area contributed by atoms with Crippen molar-refractivity contribution in [3.63, 3.8) is 0 Å². The Morgan fingerprint density at radius 3 is 2.82 bits per heavy atom. The molecule has 0 saturated heterocycles. The standard InChI is InChI=1S/C11H16F3N3/c1-2-9-8-6-17(7-11(12,13)14)5-3-4-10(8)16-15-9/h2-7H2,1H3,(H,15,16). The number of nitrogens with zero attached hydrogens (tertiary/aromatic N) is 2. The molecule has 1 aliphatic rings. The predicted molar refractivity (Wildman–Crippen MR) is 57.6 cm³/mol. The molecule has 0 radical (unpaired) electrons. The molecule has 0 spiro atoms. The second kappa shape index (κ2) is 4.68. The number of fused-ring (bicyclic) bond motifs is 1. The Bertz CT molecular complexity index is 384. The van der Waals surface area contributed by atoms with Crippen LogP contribution in [0.5, 0.6) is 0 Å². The van der Waals surface area contributed by atoms with Gasteiger partial charge in [0.1, 0.15) is 0 Å². The number of rotatable bonds is 2. The molecule has 96 valence electrons. The molecule has 1 aliphatic heterocycles. The monoisotopic (exact) mass is 247 g/mol. The molecule has 3 nitrogen and oxygen atoms in total. The molecule has 0 atom stereocenters. The summed E-state index contributed by atoms with van der Waals surface area (Å²) in [5, 5.41) is 7.10. The highest BCUT2D eigenvalue weighted by molar-refractivity contribution is 5.26. The molecule has 0 aliphatic carbocycles. The number of halogens is 3. The van der Waals surface area contributed by atoms with Gasteiger partial charge in [0.15, 0.2) is 0 Å². The van der Waals surface area contributed by atoms with E-state index in [2.05, 4.69) is 10.2 Å². The van der Waals surface area contributed by atoms with Gasteiger partial charge in [-0.05, 0) is 25.8 Å². The summed E-state index contributed by atoms with van der Waals surface area (Å²) in [5.74, 6) is 0. The number of nitrogens with one attached hydrogen (secondary N) is 1. The van der Waals surface area contributed by atoms with Gasteiger partial charge in [-0.15, -0.1) is 0 Å². The summed E-state index contributed by atoms with van der Waals surface area (Å²) in [6, 6.07) is 0. The summed E-state index contributed by atoms with van der Waals surface area (Å²) < 4.78 is 37.2. The molecule has 0 saturated carbocycles. The van der Waals surface area contributed by atoms with Crippen LogP contribution in [0.1, 0.15) is 30.3 Å². The zero-order valence-electron chi connectivity index (χ0n) is 9.77. The summed E-state index contributed by atoms with van der Waals surface area (Å²) in [4.78, 5) is 1.46. The maximum atomic E-state index is 12.4. The van der Waals surface area contributed by atoms with E-state index < -0.39 is 12.7 Å². The van der Waals surface area contributed by atoms with Gasteiger partial charge in [-0.3, -0.25) is 10.00 Å². The van der Waals surface area contributed by atoms with E-state index in [0.29, 0.717) is 13.1 Å². The van der Waals surface area contributed by atoms with Crippen LogP contribution in [-0.2, 0) is 19.4 Å². The van der Waals surface area contributed by atoms with Crippen LogP contribution in [0.2, 0.25) is 0 Å². The first-order valence-electron chi connectivity index (χ1n) is 5.83. The van der Waals surface area contributed by atoms with Crippen molar-refractivity contribution in [2.75, 3.05) is 13.1 Å². The molecular formula is C11H16F3N3. The van der Waals surface area contributed by atoms with Crippen LogP contribution in [0, 0.1) is 0 Å². The minimum atomic E-state index is -4.12. The van der Waals surface area contributed by atoms with Crippen LogP contribution in [0.25, 0.3) is 0 Å². The molecule has 0 aromatic carbocycles. The number of aromatic nitrogens is 2. The maximum absolute atomic E-state index is 12.4. The number of alkyl halides is 3. The fourth-order valence-electron chi connectivity index (χ4n) is 2.30. The molecular weight excluding hydrogens is 231 g/mol. The molecule has 2 heterocycles. The minimum Gasteiger partial charge on any atom is -0.291 e. The molecule has 1 aromatic heterocycles. The average molecular weight is 247 g/mol. The van der Waals surface area contributed by atoms with Crippen molar-refractivity contribution in [2.24, 2.45) is 0 Å². The summed E-state index contributed by atoms with van der Waals surface area (Å²) in [6.45, 7) is 1.98. The Morgan fingerprint density at radius 1 is 1.41 bits per heavy atom. The van der Waals surface area contributed by atoms with Gasteiger partial charge in [-0.25, -0.2) is 0 Å². The normalized spacial score (nSPS) is 17.9. The fraction of sp³-hybridized carbons (Fsp3) is 0.727. The molecule has 0 amide bonds. The van der Waals surface area contributed by atoms with Crippen LogP contribution in [0.4, 0.5) is 13.2 Å². The predicted octanol–water partition coefficient (Wildman–Crippen LogP) is 2.28. The van der Waals surface area contributed by atoms with Crippen molar-refractivity contribution in [1.29, 1.82) is 0 Å². The van der Waals surface area contributed by atoms with Gasteiger partial charge < -0.3 is 0 Å². The third kappa shape index (κ3) is 3.00. The molecule has 0 bridgehead atoms. The van der Waals surface area contributed by atoms with E-state index in [-0.39, 0.29) is 0 Å². The van der Waals surface area contributed by atoms with Crippen LogP contribution in [0.3, 0.4) is 0 Å². The van der Waals surface area contributed by atoms with Crippen molar-refractivity contribution in [3.8, 4) is 0 Å². The van der Waals surface area contributed by atoms with E-state index in [9.17, 15) is 13.2 Å². The lowest BCUT2D eigenvalue weighted by atomic mass is 10.1. The van der Waals surface area contributed by atoms with E-state index in [1.165, 1.54) is 4.90 Å². The van der Waals surface area contributed by atoms with Gasteiger partial charge in [0.05, 0.1) is 12.2 Å². The second-order valence-corrected chi connectivity index (χ2v) is 4.41. The number of aryl methyl sites for hydroxylation is 2. The zero-order valence-corrected chi connectivity index (χ0v) is 9.77. The van der Waals surface area contributed by atoms with Gasteiger partial charge in [-0.1, -0.05) is 6.92 Å². The Labute approximate surface area is 98.0 Å². The summed E-state index contributed by atoms with van der Waals surface area (Å²) in [6.07, 6.45) is -1.84. The molecule has 1 aromatic rings. The van der Waals surface area contributed by atoms with E-state index in [4.69, 9.17) is 0 Å². The van der Waals surface area contributed by atoms with Crippen molar-refractivity contribution in [3.05, 3.63) is 17.0 Å². The van der Waals surface area contributed by atoms with Crippen molar-refractivity contribution < 1.29 is 13.2 Å². The third-order valence-electron chi connectivity index (χ3n) is 3.06. The lowest BCUT2D eigenvalue weighted by Gasteiger charge is -2.21. The fourth-order valence-corrected chi connectivity index (χ4v) is 2.30. The van der Waals surface area contributed by atoms with E-state index in [1.54, 1.807) is 0 Å². The number of hydrogen-bond acceptors (Lipinski definition) is 2. The Kier molecular flexibility index (Phi) is 3.42. The van der Waals surface area contributed by atoms with Crippen LogP contribution in [-0.4, -0.2) is 34.4 Å². The van der Waals surface area contributed by atoms with Crippen molar-refractivity contribution in [2.45, 2.75) is 38.9 Å². The summed E-state index contributed by atoms with van der Waals surface area (Å²) >= 11 is 0. The highest BCUT2D eigenvalue weighted by Crippen LogP contribution is 2.24. The number of H-pyrrole nitrogens is 1. The number of aromatic amines is 1. The quantitative estimate of drug-likeness (QED) is 0.869. The summed E-state index contributed by atoms with van der Waals surface area (Å²) in [5.41, 5.74) is 2.87. The minimum absolute atomic E-state index is 0.356. The first kappa shape index (κ1) is 12.4. The zero-order chi connectivity index (χ0) is 12.5. The van der Waals surface area contributed by atoms with Crippen LogP contribution >= 0.6 is 0 Å². The van der Waals surface area contributed by atoms with Crippen molar-refractivity contribution >= 4 is 0 Å². The number of hydrogen-bond donors (Lipinski definition) is 1. The Morgan fingerprint density at radius 2 is 2.18 bits per heavy atom. The second-order valence-electron chi connectivity index (χ2n) is 4.41. The highest BCUT2D eigenvalue weighted by Gasteiger charge is 2.32. The molecule has 1 N–H and O–H groups in total. The molecule has 17 heavy (non-hydrogen) atoms. The van der Waals surface area contributed by atoms with Gasteiger partial charge in [0.25, 0.3) is 0 Å².